The Morgan fingerprint density at radius 3 is 2.00 bits per heavy atom. The topological polar surface area (TPSA) is 37.3 Å². The summed E-state index contributed by atoms with van der Waals surface area (Å²) in [5.41, 5.74) is 0. The van der Waals surface area contributed by atoms with Crippen molar-refractivity contribution in [1.29, 1.82) is 0 Å². The molecule has 0 saturated carbocycles. The van der Waals surface area contributed by atoms with Gasteiger partial charge in [-0.1, -0.05) is 6.58 Å². The Bertz CT molecular complexity index is 74.8. The minimum atomic E-state index is -0.873. The molecule has 0 bridgehead atoms. The molecule has 0 aromatic carbocycles. The number of aliphatic carboxylic acids is 1. The van der Waals surface area contributed by atoms with Gasteiger partial charge in [0.05, 0.1) is 0 Å². The lowest BCUT2D eigenvalue weighted by Crippen LogP contribution is -1.96. The van der Waals surface area contributed by atoms with Gasteiger partial charge in [0.15, 0.2) is 0 Å². The fourth-order valence-corrected chi connectivity index (χ4v) is 0. The van der Waals surface area contributed by atoms with Crippen LogP contribution >= 0.6 is 0 Å². The molecule has 0 aromatic heterocycles. The van der Waals surface area contributed by atoms with E-state index in [4.69, 9.17) is 5.11 Å². The van der Waals surface area contributed by atoms with Crippen molar-refractivity contribution < 1.29 is 9.90 Å². The lowest BCUT2D eigenvalue weighted by molar-refractivity contribution is -0.131. The quantitative estimate of drug-likeness (QED) is 0.339. The summed E-state index contributed by atoms with van der Waals surface area (Å²) < 4.78 is 0. The van der Waals surface area contributed by atoms with E-state index in [1.807, 2.05) is 0 Å². The average molecular weight is 102 g/mol. The number of rotatable bonds is 1. The Labute approximate surface area is 38.9 Å². The first-order valence-corrected chi connectivity index (χ1v) is 2.53. The van der Waals surface area contributed by atoms with Gasteiger partial charge >= 0.3 is 5.97 Å². The Kier molecular flexibility index (Phi) is 1.60. The van der Waals surface area contributed by atoms with Gasteiger partial charge in [-0.2, -0.15) is 0 Å². The molecule has 2 nitrogen and oxygen atoms in total. The van der Waals surface area contributed by atoms with Gasteiger partial charge in [-0.25, -0.2) is 4.79 Å². The minimum Gasteiger partial charge on any atom is -0.478 e. The van der Waals surface area contributed by atoms with Gasteiger partial charge in [0, 0.05) is 15.4 Å². The van der Waals surface area contributed by atoms with Gasteiger partial charge in [-0.05, 0) is 0 Å². The highest BCUT2D eigenvalue weighted by atomic mass is 28.1. The molecule has 3 heteroatoms. The van der Waals surface area contributed by atoms with Crippen molar-refractivity contribution in [1.82, 2.24) is 0 Å². The van der Waals surface area contributed by atoms with Gasteiger partial charge in [0.25, 0.3) is 0 Å². The Balaban J connectivity index is 3.57. The molecular weight excluding hydrogens is 96.1 g/mol. The molecular formula is C3H6O2Si. The van der Waals surface area contributed by atoms with Crippen LogP contribution in [0.1, 0.15) is 0 Å². The van der Waals surface area contributed by atoms with Crippen molar-refractivity contribution in [2.75, 3.05) is 0 Å². The summed E-state index contributed by atoms with van der Waals surface area (Å²) in [4.78, 5) is 9.63. The first-order valence-electron chi connectivity index (χ1n) is 1.53. The van der Waals surface area contributed by atoms with Crippen molar-refractivity contribution >= 4 is 16.2 Å². The van der Waals surface area contributed by atoms with E-state index in [1.54, 1.807) is 0 Å². The SMILES string of the molecule is C=C([SiH3])C(=O)O. The van der Waals surface area contributed by atoms with Crippen molar-refractivity contribution in [3.63, 3.8) is 0 Å². The Morgan fingerprint density at radius 1 is 1.83 bits per heavy atom. The van der Waals surface area contributed by atoms with Gasteiger partial charge in [0.1, 0.15) is 0 Å². The molecule has 34 valence electrons. The molecule has 0 aliphatic carbocycles. The molecule has 0 fully saturated rings. The molecule has 0 unspecified atom stereocenters. The van der Waals surface area contributed by atoms with E-state index in [2.05, 4.69) is 6.58 Å². The zero-order valence-corrected chi connectivity index (χ0v) is 5.56. The second kappa shape index (κ2) is 1.77. The van der Waals surface area contributed by atoms with E-state index in [9.17, 15) is 4.79 Å². The second-order valence-corrected chi connectivity index (χ2v) is 2.29. The molecule has 0 atom stereocenters. The van der Waals surface area contributed by atoms with Gasteiger partial charge < -0.3 is 5.11 Å². The summed E-state index contributed by atoms with van der Waals surface area (Å²) in [6, 6.07) is 0. The van der Waals surface area contributed by atoms with Crippen LogP contribution in [0.5, 0.6) is 0 Å². The average Bonchev–Trinajstić information content (AvgIpc) is 1.36. The van der Waals surface area contributed by atoms with Crippen molar-refractivity contribution in [2.24, 2.45) is 0 Å². The zero-order chi connectivity index (χ0) is 5.15. The predicted octanol–water partition coefficient (Wildman–Crippen LogP) is -1.05. The van der Waals surface area contributed by atoms with Crippen LogP contribution in [0.15, 0.2) is 11.8 Å². The van der Waals surface area contributed by atoms with E-state index in [-0.39, 0.29) is 0 Å². The van der Waals surface area contributed by atoms with Crippen LogP contribution < -0.4 is 0 Å². The molecule has 0 radical (unpaired) electrons. The number of hydrogen-bond acceptors (Lipinski definition) is 1. The Hall–Kier alpha value is -0.573. The summed E-state index contributed by atoms with van der Waals surface area (Å²) in [5, 5.41) is 8.24. The third-order valence-corrected chi connectivity index (χ3v) is 0.793. The first kappa shape index (κ1) is 5.43. The lowest BCUT2D eigenvalue weighted by Gasteiger charge is -1.79. The molecule has 0 aliphatic rings. The molecule has 0 amide bonds. The maximum atomic E-state index is 9.63. The second-order valence-electron chi connectivity index (χ2n) is 1.09. The number of carboxylic acids is 1. The van der Waals surface area contributed by atoms with Crippen LogP contribution in [0.25, 0.3) is 0 Å². The van der Waals surface area contributed by atoms with Crippen LogP contribution in [-0.4, -0.2) is 21.3 Å². The zero-order valence-electron chi connectivity index (χ0n) is 3.56. The fourth-order valence-electron chi connectivity index (χ4n) is 0. The lowest BCUT2D eigenvalue weighted by atomic mass is 10.7. The summed E-state index contributed by atoms with van der Waals surface area (Å²) >= 11 is 0. The molecule has 0 rings (SSSR count). The highest BCUT2D eigenvalue weighted by Crippen LogP contribution is 1.74. The largest absolute Gasteiger partial charge is 0.478 e. The van der Waals surface area contributed by atoms with Crippen LogP contribution in [-0.2, 0) is 4.79 Å². The highest BCUT2D eigenvalue weighted by molar-refractivity contribution is 6.34. The summed E-state index contributed by atoms with van der Waals surface area (Å²) in [6.07, 6.45) is 0. The number of carbonyl (C=O) groups is 1. The molecule has 6 heavy (non-hydrogen) atoms. The summed E-state index contributed by atoms with van der Waals surface area (Å²) in [6.45, 7) is 3.22. The first-order chi connectivity index (χ1) is 2.64. The fraction of sp³-hybridized carbons (Fsp3) is 0. The third-order valence-electron chi connectivity index (χ3n) is 0.365. The molecule has 1 N–H and O–H groups in total. The van der Waals surface area contributed by atoms with Gasteiger partial charge in [-0.3, -0.25) is 0 Å². The van der Waals surface area contributed by atoms with Crippen LogP contribution in [0.4, 0.5) is 0 Å². The minimum absolute atomic E-state index is 0.315. The smallest absolute Gasteiger partial charge is 0.325 e. The molecule has 0 saturated heterocycles. The third kappa shape index (κ3) is 1.72. The number of hydrogen-bond donors (Lipinski definition) is 1. The van der Waals surface area contributed by atoms with Crippen molar-refractivity contribution in [3.8, 4) is 0 Å². The van der Waals surface area contributed by atoms with Gasteiger partial charge in [-0.15, -0.1) is 0 Å². The normalized spacial score (nSPS) is 8.00. The Morgan fingerprint density at radius 2 is 2.00 bits per heavy atom. The maximum Gasteiger partial charge on any atom is 0.325 e. The summed E-state index contributed by atoms with van der Waals surface area (Å²) in [5.74, 6) is -0.873. The van der Waals surface area contributed by atoms with E-state index < -0.39 is 5.97 Å². The number of carboxylic acid groups (broad SMARTS) is 1. The van der Waals surface area contributed by atoms with Crippen LogP contribution in [0.3, 0.4) is 0 Å². The highest BCUT2D eigenvalue weighted by Gasteiger charge is 1.90. The van der Waals surface area contributed by atoms with E-state index in [1.165, 1.54) is 0 Å². The monoisotopic (exact) mass is 102 g/mol. The van der Waals surface area contributed by atoms with Crippen LogP contribution in [0.2, 0.25) is 0 Å². The van der Waals surface area contributed by atoms with Crippen LogP contribution in [0, 0.1) is 0 Å². The van der Waals surface area contributed by atoms with E-state index in [0.717, 1.165) is 0 Å². The van der Waals surface area contributed by atoms with E-state index >= 15 is 0 Å². The molecule has 0 heterocycles. The van der Waals surface area contributed by atoms with Crippen molar-refractivity contribution in [2.45, 2.75) is 0 Å². The predicted molar refractivity (Wildman–Crippen MR) is 26.7 cm³/mol. The molecule has 0 aromatic rings. The maximum absolute atomic E-state index is 9.63. The standard InChI is InChI=1S/C3H6O2Si/c1-2(6)3(4)5/h1H2,6H3,(H,4,5). The molecule has 0 spiro atoms. The van der Waals surface area contributed by atoms with E-state index in [0.29, 0.717) is 15.4 Å². The summed E-state index contributed by atoms with van der Waals surface area (Å²) in [7, 11) is 0.559. The van der Waals surface area contributed by atoms with Crippen molar-refractivity contribution in [3.05, 3.63) is 11.8 Å². The van der Waals surface area contributed by atoms with Gasteiger partial charge in [0.2, 0.25) is 0 Å². The molecule has 0 aliphatic heterocycles.